The van der Waals surface area contributed by atoms with Gasteiger partial charge in [0.1, 0.15) is 0 Å². The molecular formula is C21H32O4. The van der Waals surface area contributed by atoms with Gasteiger partial charge in [-0.15, -0.1) is 0 Å². The van der Waals surface area contributed by atoms with Crippen LogP contribution in [0.3, 0.4) is 0 Å². The van der Waals surface area contributed by atoms with E-state index in [4.69, 9.17) is 0 Å². The van der Waals surface area contributed by atoms with Crippen LogP contribution in [0.1, 0.15) is 65.4 Å². The molecular weight excluding hydrogens is 316 g/mol. The standard InChI is InChI=1S/C21H32O4/c1-5-21(19(24)25,15-16-11-7-6-8-12-16)14-10-9-13-17(18(22)23)20(2,3)4/h6-8,11-12,17H,5,9-10,13-15H2,1-4H3,(H,22,23)(H,24,25). The number of carboxylic acids is 2. The molecule has 2 N–H and O–H groups in total. The van der Waals surface area contributed by atoms with Crippen LogP contribution in [0.2, 0.25) is 0 Å². The topological polar surface area (TPSA) is 74.6 Å². The van der Waals surface area contributed by atoms with E-state index >= 15 is 0 Å². The van der Waals surface area contributed by atoms with Gasteiger partial charge in [0.05, 0.1) is 11.3 Å². The molecule has 2 atom stereocenters. The summed E-state index contributed by atoms with van der Waals surface area (Å²) in [7, 11) is 0. The molecule has 4 heteroatoms. The number of rotatable bonds is 10. The maximum absolute atomic E-state index is 12.0. The van der Waals surface area contributed by atoms with Crippen molar-refractivity contribution in [3.05, 3.63) is 35.9 Å². The molecule has 2 unspecified atom stereocenters. The normalized spacial score (nSPS) is 15.4. The summed E-state index contributed by atoms with van der Waals surface area (Å²) in [5, 5.41) is 19.2. The lowest BCUT2D eigenvalue weighted by Crippen LogP contribution is -2.33. The largest absolute Gasteiger partial charge is 0.481 e. The molecule has 0 amide bonds. The summed E-state index contributed by atoms with van der Waals surface area (Å²) in [5.74, 6) is -1.93. The average molecular weight is 348 g/mol. The van der Waals surface area contributed by atoms with Gasteiger partial charge in [0.25, 0.3) is 0 Å². The van der Waals surface area contributed by atoms with Gasteiger partial charge in [-0.25, -0.2) is 0 Å². The van der Waals surface area contributed by atoms with Crippen molar-refractivity contribution in [1.29, 1.82) is 0 Å². The Bertz CT molecular complexity index is 559. The maximum atomic E-state index is 12.0. The van der Waals surface area contributed by atoms with Gasteiger partial charge in [-0.3, -0.25) is 9.59 Å². The molecule has 1 aromatic rings. The van der Waals surface area contributed by atoms with E-state index in [2.05, 4.69) is 0 Å². The van der Waals surface area contributed by atoms with E-state index in [1.165, 1.54) is 0 Å². The van der Waals surface area contributed by atoms with E-state index in [1.54, 1.807) is 0 Å². The smallest absolute Gasteiger partial charge is 0.309 e. The van der Waals surface area contributed by atoms with Gasteiger partial charge in [-0.2, -0.15) is 0 Å². The lowest BCUT2D eigenvalue weighted by atomic mass is 9.74. The van der Waals surface area contributed by atoms with Crippen molar-refractivity contribution < 1.29 is 19.8 Å². The number of benzene rings is 1. The predicted molar refractivity (Wildman–Crippen MR) is 99.6 cm³/mol. The second-order valence-electron chi connectivity index (χ2n) is 8.10. The highest BCUT2D eigenvalue weighted by molar-refractivity contribution is 5.75. The molecule has 0 heterocycles. The van der Waals surface area contributed by atoms with Crippen molar-refractivity contribution in [3.63, 3.8) is 0 Å². The first-order valence-corrected chi connectivity index (χ1v) is 9.12. The van der Waals surface area contributed by atoms with E-state index < -0.39 is 23.3 Å². The van der Waals surface area contributed by atoms with E-state index in [0.717, 1.165) is 18.4 Å². The fourth-order valence-electron chi connectivity index (χ4n) is 3.45. The van der Waals surface area contributed by atoms with E-state index in [1.807, 2.05) is 58.0 Å². The third kappa shape index (κ3) is 6.18. The van der Waals surface area contributed by atoms with Crippen LogP contribution in [-0.4, -0.2) is 22.2 Å². The third-order valence-electron chi connectivity index (χ3n) is 5.26. The molecule has 0 bridgehead atoms. The highest BCUT2D eigenvalue weighted by Gasteiger charge is 2.37. The molecule has 0 fully saturated rings. The van der Waals surface area contributed by atoms with Crippen LogP contribution < -0.4 is 0 Å². The summed E-state index contributed by atoms with van der Waals surface area (Å²) in [6.45, 7) is 7.74. The number of carboxylic acid groups (broad SMARTS) is 2. The van der Waals surface area contributed by atoms with Gasteiger partial charge in [0.15, 0.2) is 0 Å². The Morgan fingerprint density at radius 1 is 1.04 bits per heavy atom. The van der Waals surface area contributed by atoms with Crippen LogP contribution in [0.25, 0.3) is 0 Å². The molecule has 0 saturated carbocycles. The number of aliphatic carboxylic acids is 2. The Balaban J connectivity index is 2.71. The van der Waals surface area contributed by atoms with Crippen molar-refractivity contribution in [3.8, 4) is 0 Å². The molecule has 0 radical (unpaired) electrons. The van der Waals surface area contributed by atoms with Crippen molar-refractivity contribution in [2.75, 3.05) is 0 Å². The summed E-state index contributed by atoms with van der Waals surface area (Å²) < 4.78 is 0. The summed E-state index contributed by atoms with van der Waals surface area (Å²) >= 11 is 0. The summed E-state index contributed by atoms with van der Waals surface area (Å²) in [5.41, 5.74) is -0.0309. The van der Waals surface area contributed by atoms with Gasteiger partial charge >= 0.3 is 11.9 Å². The van der Waals surface area contributed by atoms with Crippen molar-refractivity contribution in [2.45, 2.75) is 66.2 Å². The fourth-order valence-corrected chi connectivity index (χ4v) is 3.45. The molecule has 0 aliphatic rings. The number of hydrogen-bond donors (Lipinski definition) is 2. The van der Waals surface area contributed by atoms with Crippen LogP contribution >= 0.6 is 0 Å². The third-order valence-corrected chi connectivity index (χ3v) is 5.26. The van der Waals surface area contributed by atoms with Crippen LogP contribution in [0.15, 0.2) is 30.3 Å². The lowest BCUT2D eigenvalue weighted by molar-refractivity contribution is -0.150. The second kappa shape index (κ2) is 9.02. The first-order chi connectivity index (χ1) is 11.6. The van der Waals surface area contributed by atoms with E-state index in [9.17, 15) is 19.8 Å². The minimum atomic E-state index is -0.776. The van der Waals surface area contributed by atoms with Crippen molar-refractivity contribution >= 4 is 11.9 Å². The number of hydrogen-bond acceptors (Lipinski definition) is 2. The molecule has 0 aliphatic heterocycles. The minimum Gasteiger partial charge on any atom is -0.481 e. The molecule has 1 rings (SSSR count). The van der Waals surface area contributed by atoms with Crippen molar-refractivity contribution in [1.82, 2.24) is 0 Å². The lowest BCUT2D eigenvalue weighted by Gasteiger charge is -2.30. The first kappa shape index (κ1) is 21.2. The van der Waals surface area contributed by atoms with Crippen LogP contribution in [-0.2, 0) is 16.0 Å². The Kier molecular flexibility index (Phi) is 7.65. The number of unbranched alkanes of at least 4 members (excludes halogenated alkanes) is 1. The molecule has 4 nitrogen and oxygen atoms in total. The Morgan fingerprint density at radius 2 is 1.64 bits per heavy atom. The molecule has 0 aliphatic carbocycles. The molecule has 0 saturated heterocycles. The zero-order chi connectivity index (χ0) is 19.1. The summed E-state index contributed by atoms with van der Waals surface area (Å²) in [4.78, 5) is 23.4. The average Bonchev–Trinajstić information content (AvgIpc) is 2.52. The Labute approximate surface area is 151 Å². The van der Waals surface area contributed by atoms with Crippen molar-refractivity contribution in [2.24, 2.45) is 16.7 Å². The van der Waals surface area contributed by atoms with Gasteiger partial charge < -0.3 is 10.2 Å². The van der Waals surface area contributed by atoms with E-state index in [-0.39, 0.29) is 5.41 Å². The fraction of sp³-hybridized carbons (Fsp3) is 0.619. The maximum Gasteiger partial charge on any atom is 0.309 e. The minimum absolute atomic E-state index is 0.287. The molecule has 0 aromatic heterocycles. The van der Waals surface area contributed by atoms with Gasteiger partial charge in [-0.05, 0) is 36.7 Å². The van der Waals surface area contributed by atoms with Crippen LogP contribution in [0, 0.1) is 16.7 Å². The van der Waals surface area contributed by atoms with Crippen LogP contribution in [0.4, 0.5) is 0 Å². The number of carbonyl (C=O) groups is 2. The Morgan fingerprint density at radius 3 is 2.08 bits per heavy atom. The predicted octanol–water partition coefficient (Wildman–Crippen LogP) is 5.02. The summed E-state index contributed by atoms with van der Waals surface area (Å²) in [6, 6.07) is 9.72. The van der Waals surface area contributed by atoms with E-state index in [0.29, 0.717) is 25.7 Å². The monoisotopic (exact) mass is 348 g/mol. The van der Waals surface area contributed by atoms with Crippen LogP contribution in [0.5, 0.6) is 0 Å². The molecule has 0 spiro atoms. The SMILES string of the molecule is CCC(CCCCC(C(=O)O)C(C)(C)C)(Cc1ccccc1)C(=O)O. The van der Waals surface area contributed by atoms with Gasteiger partial charge in [0, 0.05) is 0 Å². The van der Waals surface area contributed by atoms with Gasteiger partial charge in [0.2, 0.25) is 0 Å². The highest BCUT2D eigenvalue weighted by Crippen LogP contribution is 2.35. The first-order valence-electron chi connectivity index (χ1n) is 9.12. The zero-order valence-electron chi connectivity index (χ0n) is 15.9. The molecule has 25 heavy (non-hydrogen) atoms. The molecule has 1 aromatic carbocycles. The Hall–Kier alpha value is -1.84. The quantitative estimate of drug-likeness (QED) is 0.582. The highest BCUT2D eigenvalue weighted by atomic mass is 16.4. The van der Waals surface area contributed by atoms with Gasteiger partial charge in [-0.1, -0.05) is 70.9 Å². The zero-order valence-corrected chi connectivity index (χ0v) is 15.9. The second-order valence-corrected chi connectivity index (χ2v) is 8.10. The summed E-state index contributed by atoms with van der Waals surface area (Å²) in [6.07, 6.45) is 3.71. The molecule has 140 valence electrons.